The van der Waals surface area contributed by atoms with Gasteiger partial charge in [0.05, 0.1) is 5.37 Å². The van der Waals surface area contributed by atoms with Crippen LogP contribution in [0.15, 0.2) is 17.0 Å². The van der Waals surface area contributed by atoms with Crippen molar-refractivity contribution in [3.05, 3.63) is 28.8 Å². The standard InChI is InChI=1S/C14H22N2S/c1-10-7-11(2)14(12(3)8-10)17-13-9-15-5-6-16(13)4/h7-8,13,15H,5-6,9H2,1-4H3. The van der Waals surface area contributed by atoms with Crippen molar-refractivity contribution >= 4 is 11.8 Å². The Bertz CT molecular complexity index is 380. The van der Waals surface area contributed by atoms with E-state index >= 15 is 0 Å². The Balaban J connectivity index is 2.17. The third-order valence-corrected chi connectivity index (χ3v) is 4.99. The molecule has 1 fully saturated rings. The molecule has 1 aliphatic heterocycles. The summed E-state index contributed by atoms with van der Waals surface area (Å²) < 4.78 is 0. The highest BCUT2D eigenvalue weighted by molar-refractivity contribution is 8.00. The van der Waals surface area contributed by atoms with E-state index in [1.54, 1.807) is 0 Å². The summed E-state index contributed by atoms with van der Waals surface area (Å²) in [6.45, 7) is 9.94. The third-order valence-electron chi connectivity index (χ3n) is 3.31. The van der Waals surface area contributed by atoms with Crippen LogP contribution in [0.1, 0.15) is 16.7 Å². The van der Waals surface area contributed by atoms with Gasteiger partial charge in [-0.05, 0) is 38.9 Å². The largest absolute Gasteiger partial charge is 0.313 e. The van der Waals surface area contributed by atoms with E-state index in [4.69, 9.17) is 0 Å². The van der Waals surface area contributed by atoms with Crippen LogP contribution in [0.25, 0.3) is 0 Å². The van der Waals surface area contributed by atoms with Crippen molar-refractivity contribution in [1.82, 2.24) is 10.2 Å². The molecule has 1 unspecified atom stereocenters. The molecule has 1 atom stereocenters. The van der Waals surface area contributed by atoms with Gasteiger partial charge in [-0.15, -0.1) is 11.8 Å². The Kier molecular flexibility index (Phi) is 4.13. The molecule has 0 aliphatic carbocycles. The molecule has 1 N–H and O–H groups in total. The van der Waals surface area contributed by atoms with Crippen LogP contribution in [-0.4, -0.2) is 37.0 Å². The zero-order valence-electron chi connectivity index (χ0n) is 11.2. The highest BCUT2D eigenvalue weighted by Crippen LogP contribution is 2.32. The summed E-state index contributed by atoms with van der Waals surface area (Å²) >= 11 is 2.00. The quantitative estimate of drug-likeness (QED) is 0.868. The molecule has 94 valence electrons. The molecular formula is C14H22N2S. The van der Waals surface area contributed by atoms with Gasteiger partial charge in [0.2, 0.25) is 0 Å². The van der Waals surface area contributed by atoms with Crippen molar-refractivity contribution in [2.75, 3.05) is 26.7 Å². The second kappa shape index (κ2) is 5.42. The first-order chi connectivity index (χ1) is 8.08. The van der Waals surface area contributed by atoms with E-state index in [0.717, 1.165) is 19.6 Å². The van der Waals surface area contributed by atoms with Crippen LogP contribution in [0.2, 0.25) is 0 Å². The molecule has 1 heterocycles. The van der Waals surface area contributed by atoms with E-state index in [0.29, 0.717) is 5.37 Å². The topological polar surface area (TPSA) is 15.3 Å². The minimum atomic E-state index is 0.559. The zero-order valence-corrected chi connectivity index (χ0v) is 12.0. The van der Waals surface area contributed by atoms with E-state index in [9.17, 15) is 0 Å². The van der Waals surface area contributed by atoms with Gasteiger partial charge in [0.25, 0.3) is 0 Å². The second-order valence-electron chi connectivity index (χ2n) is 4.99. The molecule has 0 radical (unpaired) electrons. The fourth-order valence-corrected chi connectivity index (χ4v) is 3.65. The molecule has 1 aliphatic rings. The van der Waals surface area contributed by atoms with Gasteiger partial charge in [-0.1, -0.05) is 17.7 Å². The summed E-state index contributed by atoms with van der Waals surface area (Å²) in [6.07, 6.45) is 0. The lowest BCUT2D eigenvalue weighted by Gasteiger charge is -2.33. The van der Waals surface area contributed by atoms with Gasteiger partial charge in [-0.3, -0.25) is 4.90 Å². The molecule has 17 heavy (non-hydrogen) atoms. The zero-order chi connectivity index (χ0) is 12.4. The first kappa shape index (κ1) is 12.9. The van der Waals surface area contributed by atoms with Crippen LogP contribution >= 0.6 is 11.8 Å². The van der Waals surface area contributed by atoms with Crippen molar-refractivity contribution < 1.29 is 0 Å². The van der Waals surface area contributed by atoms with Crippen LogP contribution in [0.3, 0.4) is 0 Å². The Morgan fingerprint density at radius 1 is 1.24 bits per heavy atom. The van der Waals surface area contributed by atoms with Gasteiger partial charge in [0, 0.05) is 24.5 Å². The van der Waals surface area contributed by atoms with E-state index in [-0.39, 0.29) is 0 Å². The summed E-state index contributed by atoms with van der Waals surface area (Å²) in [5.41, 5.74) is 4.18. The monoisotopic (exact) mass is 250 g/mol. The average molecular weight is 250 g/mol. The predicted octanol–water partition coefficient (Wildman–Crippen LogP) is 2.57. The minimum absolute atomic E-state index is 0.559. The van der Waals surface area contributed by atoms with Crippen molar-refractivity contribution in [3.8, 4) is 0 Å². The number of piperazine rings is 1. The number of likely N-dealkylation sites (N-methyl/N-ethyl adjacent to an activating group) is 1. The minimum Gasteiger partial charge on any atom is -0.313 e. The maximum Gasteiger partial charge on any atom is 0.0729 e. The summed E-state index contributed by atoms with van der Waals surface area (Å²) in [4.78, 5) is 3.90. The van der Waals surface area contributed by atoms with Crippen molar-refractivity contribution in [2.45, 2.75) is 31.0 Å². The summed E-state index contributed by atoms with van der Waals surface area (Å²) in [5.74, 6) is 0. The summed E-state index contributed by atoms with van der Waals surface area (Å²) in [5, 5.41) is 4.03. The van der Waals surface area contributed by atoms with Crippen LogP contribution in [-0.2, 0) is 0 Å². The van der Waals surface area contributed by atoms with E-state index in [1.165, 1.54) is 21.6 Å². The number of nitrogens with one attached hydrogen (secondary N) is 1. The molecule has 0 bridgehead atoms. The van der Waals surface area contributed by atoms with Gasteiger partial charge in [-0.2, -0.15) is 0 Å². The summed E-state index contributed by atoms with van der Waals surface area (Å²) in [6, 6.07) is 4.57. The lowest BCUT2D eigenvalue weighted by Crippen LogP contribution is -2.47. The predicted molar refractivity (Wildman–Crippen MR) is 75.8 cm³/mol. The number of nitrogens with zero attached hydrogens (tertiary/aromatic N) is 1. The molecule has 1 aromatic rings. The Hall–Kier alpha value is -0.510. The van der Waals surface area contributed by atoms with Crippen molar-refractivity contribution in [1.29, 1.82) is 0 Å². The number of thioether (sulfide) groups is 1. The van der Waals surface area contributed by atoms with Gasteiger partial charge >= 0.3 is 0 Å². The molecule has 0 spiro atoms. The van der Waals surface area contributed by atoms with Crippen molar-refractivity contribution in [3.63, 3.8) is 0 Å². The fourth-order valence-electron chi connectivity index (χ4n) is 2.40. The number of hydrogen-bond acceptors (Lipinski definition) is 3. The van der Waals surface area contributed by atoms with E-state index < -0.39 is 0 Å². The number of hydrogen-bond donors (Lipinski definition) is 1. The average Bonchev–Trinajstić information content (AvgIpc) is 2.25. The highest BCUT2D eigenvalue weighted by atomic mass is 32.2. The van der Waals surface area contributed by atoms with Gasteiger partial charge < -0.3 is 5.32 Å². The lowest BCUT2D eigenvalue weighted by atomic mass is 10.1. The molecule has 2 nitrogen and oxygen atoms in total. The first-order valence-electron chi connectivity index (χ1n) is 6.23. The van der Waals surface area contributed by atoms with Gasteiger partial charge in [0.1, 0.15) is 0 Å². The molecular weight excluding hydrogens is 228 g/mol. The molecule has 1 aromatic carbocycles. The van der Waals surface area contributed by atoms with Gasteiger partial charge in [0.15, 0.2) is 0 Å². The number of rotatable bonds is 2. The Morgan fingerprint density at radius 3 is 2.47 bits per heavy atom. The van der Waals surface area contributed by atoms with Gasteiger partial charge in [-0.25, -0.2) is 0 Å². The maximum absolute atomic E-state index is 3.47. The van der Waals surface area contributed by atoms with Crippen molar-refractivity contribution in [2.24, 2.45) is 0 Å². The maximum atomic E-state index is 3.47. The molecule has 1 saturated heterocycles. The smallest absolute Gasteiger partial charge is 0.0729 e. The lowest BCUT2D eigenvalue weighted by molar-refractivity contribution is 0.266. The molecule has 2 rings (SSSR count). The van der Waals surface area contributed by atoms with E-state index in [2.05, 4.69) is 50.2 Å². The van der Waals surface area contributed by atoms with Crippen LogP contribution in [0.4, 0.5) is 0 Å². The first-order valence-corrected chi connectivity index (χ1v) is 7.11. The molecule has 0 saturated carbocycles. The number of benzene rings is 1. The fraction of sp³-hybridized carbons (Fsp3) is 0.571. The Morgan fingerprint density at radius 2 is 1.88 bits per heavy atom. The van der Waals surface area contributed by atoms with Crippen LogP contribution < -0.4 is 5.32 Å². The van der Waals surface area contributed by atoms with Crippen LogP contribution in [0.5, 0.6) is 0 Å². The molecule has 0 amide bonds. The normalized spacial score (nSPS) is 21.8. The Labute approximate surface area is 109 Å². The molecule has 3 heteroatoms. The third kappa shape index (κ3) is 3.03. The summed E-state index contributed by atoms with van der Waals surface area (Å²) in [7, 11) is 2.22. The molecule has 0 aromatic heterocycles. The number of aryl methyl sites for hydroxylation is 3. The van der Waals surface area contributed by atoms with E-state index in [1.807, 2.05) is 11.8 Å². The SMILES string of the molecule is Cc1cc(C)c(SC2CNCCN2C)c(C)c1. The second-order valence-corrected chi connectivity index (χ2v) is 6.17. The van der Waals surface area contributed by atoms with Crippen LogP contribution in [0, 0.1) is 20.8 Å². The highest BCUT2D eigenvalue weighted by Gasteiger charge is 2.20.